The first-order chi connectivity index (χ1) is 15.1. The fourth-order valence-corrected chi connectivity index (χ4v) is 4.91. The van der Waals surface area contributed by atoms with Gasteiger partial charge in [0.15, 0.2) is 11.5 Å². The van der Waals surface area contributed by atoms with E-state index in [2.05, 4.69) is 15.0 Å². The van der Waals surface area contributed by atoms with Gasteiger partial charge in [-0.15, -0.1) is 0 Å². The highest BCUT2D eigenvalue weighted by Gasteiger charge is 2.38. The van der Waals surface area contributed by atoms with Crippen molar-refractivity contribution in [1.29, 1.82) is 0 Å². The van der Waals surface area contributed by atoms with E-state index in [1.165, 1.54) is 5.06 Å². The molecule has 2 aliphatic rings. The molecular formula is C23H26FN5O2. The topological polar surface area (TPSA) is 72.6 Å². The lowest BCUT2D eigenvalue weighted by molar-refractivity contribution is -0.183. The van der Waals surface area contributed by atoms with Gasteiger partial charge < -0.3 is 4.40 Å². The molecular weight excluding hydrogens is 397 g/mol. The molecule has 0 aromatic carbocycles. The van der Waals surface area contributed by atoms with E-state index in [-0.39, 0.29) is 23.7 Å². The number of amides is 1. The van der Waals surface area contributed by atoms with Crippen LogP contribution in [0.15, 0.2) is 37.1 Å². The van der Waals surface area contributed by atoms with Gasteiger partial charge in [-0.05, 0) is 56.6 Å². The largest absolute Gasteiger partial charge is 0.304 e. The number of carbonyl (C=O) groups excluding carboxylic acids is 1. The molecule has 0 radical (unpaired) electrons. The molecule has 0 unspecified atom stereocenters. The molecule has 31 heavy (non-hydrogen) atoms. The summed E-state index contributed by atoms with van der Waals surface area (Å²) in [6.07, 6.45) is 13.9. The number of aromatic nitrogens is 4. The van der Waals surface area contributed by atoms with E-state index < -0.39 is 0 Å². The third kappa shape index (κ3) is 4.04. The molecule has 2 fully saturated rings. The summed E-state index contributed by atoms with van der Waals surface area (Å²) < 4.78 is 16.1. The fourth-order valence-electron chi connectivity index (χ4n) is 4.91. The van der Waals surface area contributed by atoms with Gasteiger partial charge in [0, 0.05) is 37.1 Å². The second-order valence-corrected chi connectivity index (χ2v) is 8.66. The van der Waals surface area contributed by atoms with Crippen LogP contribution in [0.5, 0.6) is 0 Å². The average molecular weight is 423 g/mol. The highest BCUT2D eigenvalue weighted by Crippen LogP contribution is 2.36. The molecule has 5 rings (SSSR count). The number of imidazole rings is 1. The second-order valence-electron chi connectivity index (χ2n) is 8.66. The van der Waals surface area contributed by atoms with Crippen LogP contribution in [0.4, 0.5) is 4.39 Å². The molecule has 0 N–H and O–H groups in total. The van der Waals surface area contributed by atoms with Gasteiger partial charge in [0.1, 0.15) is 6.04 Å². The summed E-state index contributed by atoms with van der Waals surface area (Å²) in [5.41, 5.74) is 2.93. The van der Waals surface area contributed by atoms with Crippen molar-refractivity contribution in [2.75, 3.05) is 6.61 Å². The molecule has 3 aromatic heterocycles. The van der Waals surface area contributed by atoms with Crippen LogP contribution in [0.3, 0.4) is 0 Å². The average Bonchev–Trinajstić information content (AvgIpc) is 3.41. The van der Waals surface area contributed by atoms with Crippen LogP contribution in [0.1, 0.15) is 55.1 Å². The Morgan fingerprint density at radius 3 is 2.81 bits per heavy atom. The molecule has 162 valence electrons. The number of fused-ring (bicyclic) bond motifs is 1. The van der Waals surface area contributed by atoms with Crippen LogP contribution in [-0.4, -0.2) is 36.9 Å². The minimum absolute atomic E-state index is 0.0379. The number of rotatable bonds is 4. The minimum Gasteiger partial charge on any atom is -0.304 e. The molecule has 1 aliphatic carbocycles. The summed E-state index contributed by atoms with van der Waals surface area (Å²) in [6.45, 7) is 2.38. The molecule has 8 heteroatoms. The Morgan fingerprint density at radius 2 is 2.03 bits per heavy atom. The molecule has 1 saturated heterocycles. The van der Waals surface area contributed by atoms with Crippen molar-refractivity contribution in [3.63, 3.8) is 0 Å². The van der Waals surface area contributed by atoms with Crippen LogP contribution in [0.25, 0.3) is 5.65 Å². The summed E-state index contributed by atoms with van der Waals surface area (Å²) in [7, 11) is 0. The van der Waals surface area contributed by atoms with Gasteiger partial charge in [-0.3, -0.25) is 19.6 Å². The van der Waals surface area contributed by atoms with Crippen molar-refractivity contribution < 1.29 is 14.0 Å². The molecule has 1 amide bonds. The fraction of sp³-hybridized carbons (Fsp3) is 0.478. The number of hydroxylamine groups is 2. The molecule has 0 bridgehead atoms. The zero-order valence-corrected chi connectivity index (χ0v) is 17.6. The molecule has 7 nitrogen and oxygen atoms in total. The quantitative estimate of drug-likeness (QED) is 0.638. The second kappa shape index (κ2) is 8.34. The Bertz CT molecular complexity index is 1080. The van der Waals surface area contributed by atoms with Gasteiger partial charge in [0.25, 0.3) is 0 Å². The molecule has 1 aliphatic heterocycles. The normalized spacial score (nSPS) is 24.1. The predicted molar refractivity (Wildman–Crippen MR) is 111 cm³/mol. The highest BCUT2D eigenvalue weighted by molar-refractivity contribution is 5.78. The maximum Gasteiger partial charge on any atom is 0.249 e. The van der Waals surface area contributed by atoms with Crippen molar-refractivity contribution in [3.05, 3.63) is 59.8 Å². The van der Waals surface area contributed by atoms with Gasteiger partial charge in [-0.2, -0.15) is 0 Å². The van der Waals surface area contributed by atoms with Crippen molar-refractivity contribution in [3.8, 4) is 0 Å². The Balaban J connectivity index is 1.21. The summed E-state index contributed by atoms with van der Waals surface area (Å²) in [5, 5.41) is 1.53. The summed E-state index contributed by atoms with van der Waals surface area (Å²) >= 11 is 0. The van der Waals surface area contributed by atoms with Crippen molar-refractivity contribution in [1.82, 2.24) is 24.4 Å². The van der Waals surface area contributed by atoms with Crippen LogP contribution < -0.4 is 0 Å². The van der Waals surface area contributed by atoms with Crippen LogP contribution in [0, 0.1) is 24.6 Å². The lowest BCUT2D eigenvalue weighted by atomic mass is 9.79. The van der Waals surface area contributed by atoms with E-state index in [9.17, 15) is 9.18 Å². The minimum atomic E-state index is -0.282. The monoisotopic (exact) mass is 423 g/mol. The number of carbonyl (C=O) groups is 1. The Morgan fingerprint density at radius 1 is 1.19 bits per heavy atom. The molecule has 1 atom stereocenters. The predicted octanol–water partition coefficient (Wildman–Crippen LogP) is 3.83. The number of halogens is 1. The van der Waals surface area contributed by atoms with Gasteiger partial charge in [-0.25, -0.2) is 14.4 Å². The SMILES string of the molecule is Cc1cn2cc(C[C@H]3CC[C@H](C(=O)N4OCC[C@H]4c4cnccn4)CC3)cc(F)c2n1. The van der Waals surface area contributed by atoms with E-state index in [1.807, 2.05) is 19.3 Å². The van der Waals surface area contributed by atoms with E-state index in [0.29, 0.717) is 18.2 Å². The van der Waals surface area contributed by atoms with Gasteiger partial charge in [-0.1, -0.05) is 0 Å². The van der Waals surface area contributed by atoms with Gasteiger partial charge in [0.2, 0.25) is 5.91 Å². The first-order valence-corrected chi connectivity index (χ1v) is 10.9. The maximum atomic E-state index is 14.4. The number of aryl methyl sites for hydroxylation is 1. The Hall–Kier alpha value is -2.87. The standard InChI is InChI=1S/C23H26FN5O2/c1-15-13-28-14-17(11-19(24)22(28)27-15)10-16-2-4-18(5-3-16)23(30)29-21(6-9-31-29)20-12-25-7-8-26-20/h7-8,11-14,16,18,21H,2-6,9-10H2,1H3/t16-,18-,21-/m0/s1. The van der Waals surface area contributed by atoms with E-state index in [4.69, 9.17) is 4.84 Å². The molecule has 4 heterocycles. The number of nitrogens with zero attached hydrogens (tertiary/aromatic N) is 5. The molecule has 0 spiro atoms. The van der Waals surface area contributed by atoms with Crippen molar-refractivity contribution in [2.45, 2.75) is 51.5 Å². The summed E-state index contributed by atoms with van der Waals surface area (Å²) in [6, 6.07) is 1.44. The molecule has 3 aromatic rings. The number of hydrogen-bond donors (Lipinski definition) is 0. The van der Waals surface area contributed by atoms with Gasteiger partial charge >= 0.3 is 0 Å². The third-order valence-corrected chi connectivity index (χ3v) is 6.45. The van der Waals surface area contributed by atoms with E-state index >= 15 is 0 Å². The zero-order valence-electron chi connectivity index (χ0n) is 17.6. The van der Waals surface area contributed by atoms with Crippen molar-refractivity contribution in [2.24, 2.45) is 11.8 Å². The lowest BCUT2D eigenvalue weighted by Crippen LogP contribution is -2.37. The summed E-state index contributed by atoms with van der Waals surface area (Å²) in [5.74, 6) is 0.175. The van der Waals surface area contributed by atoms with E-state index in [1.54, 1.807) is 29.1 Å². The van der Waals surface area contributed by atoms with E-state index in [0.717, 1.165) is 55.5 Å². The summed E-state index contributed by atoms with van der Waals surface area (Å²) in [4.78, 5) is 31.5. The van der Waals surface area contributed by atoms with Crippen LogP contribution in [0.2, 0.25) is 0 Å². The van der Waals surface area contributed by atoms with Crippen LogP contribution >= 0.6 is 0 Å². The zero-order chi connectivity index (χ0) is 21.4. The Labute approximate surface area is 180 Å². The first-order valence-electron chi connectivity index (χ1n) is 10.9. The van der Waals surface area contributed by atoms with Gasteiger partial charge in [0.05, 0.1) is 24.2 Å². The number of pyridine rings is 1. The first kappa shape index (κ1) is 20.1. The number of hydrogen-bond acceptors (Lipinski definition) is 5. The van der Waals surface area contributed by atoms with Crippen molar-refractivity contribution >= 4 is 11.6 Å². The lowest BCUT2D eigenvalue weighted by Gasteiger charge is -2.31. The Kier molecular flexibility index (Phi) is 5.40. The molecule has 1 saturated carbocycles. The third-order valence-electron chi connectivity index (χ3n) is 6.45. The maximum absolute atomic E-state index is 14.4. The smallest absolute Gasteiger partial charge is 0.249 e. The highest BCUT2D eigenvalue weighted by atomic mass is 19.1. The van der Waals surface area contributed by atoms with Crippen LogP contribution in [-0.2, 0) is 16.1 Å².